The molecule has 2 nitrogen and oxygen atoms in total. The van der Waals surface area contributed by atoms with Crippen LogP contribution in [0.25, 0.3) is 0 Å². The summed E-state index contributed by atoms with van der Waals surface area (Å²) in [6, 6.07) is 0. The maximum Gasteiger partial charge on any atom is 2.00 e. The van der Waals surface area contributed by atoms with Crippen molar-refractivity contribution in [1.29, 1.82) is 0 Å². The van der Waals surface area contributed by atoms with Crippen molar-refractivity contribution in [1.82, 2.24) is 0 Å². The molecule has 0 amide bonds. The number of hydrogen-bond acceptors (Lipinski definition) is 2. The van der Waals surface area contributed by atoms with Crippen LogP contribution in [0, 0.1) is 0 Å². The van der Waals surface area contributed by atoms with Crippen LogP contribution in [0.5, 0.6) is 0 Å². The van der Waals surface area contributed by atoms with E-state index in [9.17, 15) is 10.2 Å². The molecule has 3 heteroatoms. The smallest absolute Gasteiger partial charge is 0.852 e. The zero-order chi connectivity index (χ0) is 7.15. The van der Waals surface area contributed by atoms with Crippen LogP contribution in [0.4, 0.5) is 0 Å². The minimum Gasteiger partial charge on any atom is -0.852 e. The second kappa shape index (κ2) is 11.3. The predicted molar refractivity (Wildman–Crippen MR) is 30.3 cm³/mol. The van der Waals surface area contributed by atoms with Gasteiger partial charge in [-0.3, -0.25) is 0 Å². The van der Waals surface area contributed by atoms with Gasteiger partial charge in [0.2, 0.25) is 0 Å². The van der Waals surface area contributed by atoms with E-state index in [0.29, 0.717) is 0 Å². The van der Waals surface area contributed by atoms with Gasteiger partial charge in [-0.25, -0.2) is 0 Å². The van der Waals surface area contributed by atoms with Gasteiger partial charge in [0, 0.05) is 0 Å². The first-order valence-electron chi connectivity index (χ1n) is 2.78. The summed E-state index contributed by atoms with van der Waals surface area (Å²) in [6.07, 6.45) is -0.833. The van der Waals surface area contributed by atoms with Crippen LogP contribution in [-0.4, -0.2) is 12.2 Å². The molecule has 0 fully saturated rings. The molecule has 0 rings (SSSR count). The van der Waals surface area contributed by atoms with Crippen molar-refractivity contribution in [2.24, 2.45) is 0 Å². The van der Waals surface area contributed by atoms with E-state index in [1.54, 1.807) is 27.7 Å². The molecule has 0 unspecified atom stereocenters. The van der Waals surface area contributed by atoms with Gasteiger partial charge in [-0.15, -0.1) is 12.2 Å². The van der Waals surface area contributed by atoms with E-state index >= 15 is 0 Å². The fraction of sp³-hybridized carbons (Fsp3) is 1.00. The molecule has 0 aliphatic carbocycles. The summed E-state index contributed by atoms with van der Waals surface area (Å²) in [4.78, 5) is 0. The largest absolute Gasteiger partial charge is 2.00 e. The minimum absolute atomic E-state index is 0. The van der Waals surface area contributed by atoms with Crippen LogP contribution in [0.3, 0.4) is 0 Å². The predicted octanol–water partition coefficient (Wildman–Crippen LogP) is -0.492. The first-order valence-corrected chi connectivity index (χ1v) is 2.78. The molecule has 0 atom stereocenters. The molecule has 0 saturated carbocycles. The Morgan fingerprint density at radius 1 is 0.778 bits per heavy atom. The average Bonchev–Trinajstić information content (AvgIpc) is 1.25. The molecule has 0 aliphatic heterocycles. The Labute approximate surface area is 69.2 Å². The van der Waals surface area contributed by atoms with Crippen molar-refractivity contribution in [2.45, 2.75) is 39.9 Å². The minimum atomic E-state index is -0.417. The number of hydrogen-bond donors (Lipinski definition) is 0. The summed E-state index contributed by atoms with van der Waals surface area (Å²) in [5.41, 5.74) is 0. The molecule has 0 N–H and O–H groups in total. The van der Waals surface area contributed by atoms with Crippen molar-refractivity contribution in [3.8, 4) is 0 Å². The third-order valence-corrected chi connectivity index (χ3v) is 0. The van der Waals surface area contributed by atoms with Crippen molar-refractivity contribution in [3.63, 3.8) is 0 Å². The van der Waals surface area contributed by atoms with Crippen LogP contribution in [-0.2, 0) is 18.6 Å². The molecular weight excluding hydrogens is 155 g/mol. The zero-order valence-electron chi connectivity index (χ0n) is 6.42. The van der Waals surface area contributed by atoms with Crippen LogP contribution < -0.4 is 10.2 Å². The topological polar surface area (TPSA) is 46.1 Å². The average molecular weight is 169 g/mol. The maximum absolute atomic E-state index is 9.53. The van der Waals surface area contributed by atoms with Crippen LogP contribution in [0.2, 0.25) is 0 Å². The van der Waals surface area contributed by atoms with Crippen molar-refractivity contribution < 1.29 is 28.8 Å². The Balaban J connectivity index is -0.0000000720. The molecule has 0 aliphatic rings. The van der Waals surface area contributed by atoms with E-state index < -0.39 is 12.2 Å². The van der Waals surface area contributed by atoms with E-state index in [0.717, 1.165) is 0 Å². The van der Waals surface area contributed by atoms with Gasteiger partial charge < -0.3 is 10.2 Å². The van der Waals surface area contributed by atoms with E-state index in [-0.39, 0.29) is 18.6 Å². The van der Waals surface area contributed by atoms with Gasteiger partial charge in [-0.1, -0.05) is 27.7 Å². The maximum atomic E-state index is 9.53. The monoisotopic (exact) mass is 169 g/mol. The Hall–Kier alpha value is 0.504. The van der Waals surface area contributed by atoms with Crippen LogP contribution in [0.1, 0.15) is 27.7 Å². The molecule has 0 bridgehead atoms. The summed E-state index contributed by atoms with van der Waals surface area (Å²) in [5, 5.41) is 19.1. The molecule has 9 heavy (non-hydrogen) atoms. The second-order valence-electron chi connectivity index (χ2n) is 2.10. The molecule has 55 valence electrons. The fourth-order valence-corrected chi connectivity index (χ4v) is 0. The Bertz CT molecular complexity index is 26.5. The molecule has 0 aromatic carbocycles. The molecule has 1 radical (unpaired) electrons. The fourth-order valence-electron chi connectivity index (χ4n) is 0. The Morgan fingerprint density at radius 3 is 0.778 bits per heavy atom. The van der Waals surface area contributed by atoms with E-state index in [4.69, 9.17) is 0 Å². The summed E-state index contributed by atoms with van der Waals surface area (Å²) in [6.45, 7) is 6.44. The van der Waals surface area contributed by atoms with Crippen molar-refractivity contribution in [2.75, 3.05) is 0 Å². The van der Waals surface area contributed by atoms with E-state index in [2.05, 4.69) is 0 Å². The first kappa shape index (κ1) is 16.2. The van der Waals surface area contributed by atoms with Gasteiger partial charge in [0.1, 0.15) is 0 Å². The first-order chi connectivity index (χ1) is 3.46. The third-order valence-electron chi connectivity index (χ3n) is 0. The van der Waals surface area contributed by atoms with Gasteiger partial charge in [0.25, 0.3) is 0 Å². The quantitative estimate of drug-likeness (QED) is 0.491. The van der Waals surface area contributed by atoms with Gasteiger partial charge in [0.15, 0.2) is 0 Å². The Kier molecular flexibility index (Phi) is 20.4. The molecule has 0 aromatic rings. The van der Waals surface area contributed by atoms with Gasteiger partial charge >= 0.3 is 18.6 Å². The SMILES string of the molecule is CC(C)[O-].CC(C)[O-].[V+2]. The van der Waals surface area contributed by atoms with Crippen LogP contribution in [0.15, 0.2) is 0 Å². The molecule has 0 aromatic heterocycles. The molecular formula is C6H14O2V. The summed E-state index contributed by atoms with van der Waals surface area (Å²) in [5.74, 6) is 0. The molecule has 0 spiro atoms. The second-order valence-corrected chi connectivity index (χ2v) is 2.10. The van der Waals surface area contributed by atoms with Gasteiger partial charge in [-0.2, -0.15) is 0 Å². The number of rotatable bonds is 0. The van der Waals surface area contributed by atoms with Gasteiger partial charge in [0.05, 0.1) is 0 Å². The van der Waals surface area contributed by atoms with E-state index in [1.807, 2.05) is 0 Å². The molecule has 0 saturated heterocycles. The summed E-state index contributed by atoms with van der Waals surface area (Å²) < 4.78 is 0. The van der Waals surface area contributed by atoms with Crippen LogP contribution >= 0.6 is 0 Å². The van der Waals surface area contributed by atoms with E-state index in [1.165, 1.54) is 0 Å². The molecule has 0 heterocycles. The third kappa shape index (κ3) is 1410. The standard InChI is InChI=1S/2C3H7O.V/c2*1-3(2)4;/h2*3H,1-2H3;/q2*-1;+2. The summed E-state index contributed by atoms with van der Waals surface area (Å²) >= 11 is 0. The zero-order valence-corrected chi connectivity index (χ0v) is 7.82. The van der Waals surface area contributed by atoms with Gasteiger partial charge in [-0.05, 0) is 0 Å². The summed E-state index contributed by atoms with van der Waals surface area (Å²) in [7, 11) is 0. The van der Waals surface area contributed by atoms with Crippen molar-refractivity contribution in [3.05, 3.63) is 0 Å². The van der Waals surface area contributed by atoms with Crippen molar-refractivity contribution >= 4 is 0 Å². The Morgan fingerprint density at radius 2 is 0.778 bits per heavy atom. The normalized spacial score (nSPS) is 8.00.